The fourth-order valence-corrected chi connectivity index (χ4v) is 4.51. The largest absolute Gasteiger partial charge is 0.494 e. The normalized spacial score (nSPS) is 10.3. The Morgan fingerprint density at radius 1 is 0.413 bits per heavy atom. The molecule has 0 aliphatic carbocycles. The van der Waals surface area contributed by atoms with E-state index in [9.17, 15) is 19.2 Å². The van der Waals surface area contributed by atoms with Crippen molar-refractivity contribution in [3.63, 3.8) is 0 Å². The number of carbonyl (C=O) groups is 4. The predicted octanol–water partition coefficient (Wildman–Crippen LogP) is 9.42. The number of rotatable bonds is 18. The van der Waals surface area contributed by atoms with Crippen LogP contribution in [0.5, 0.6) is 11.5 Å². The molecule has 0 aromatic heterocycles. The SMILES string of the molecule is CCCCCOc1ccc(C(=O)CC(=O)c2ccccc2)cc1.CCCCCOc1ccc(C(=O)CC(=O)c2ccccc2)cc1. The minimum atomic E-state index is -0.170. The number of unbranched alkanes of at least 4 members (excludes halogenated alkanes) is 4. The molecule has 6 heteroatoms. The Labute approximate surface area is 272 Å². The highest BCUT2D eigenvalue weighted by Crippen LogP contribution is 2.17. The van der Waals surface area contributed by atoms with E-state index in [2.05, 4.69) is 13.8 Å². The van der Waals surface area contributed by atoms with Crippen LogP contribution >= 0.6 is 0 Å². The van der Waals surface area contributed by atoms with Crippen LogP contribution in [0.25, 0.3) is 0 Å². The third-order valence-electron chi connectivity index (χ3n) is 7.22. The minimum Gasteiger partial charge on any atom is -0.494 e. The van der Waals surface area contributed by atoms with E-state index >= 15 is 0 Å². The summed E-state index contributed by atoms with van der Waals surface area (Å²) in [6, 6.07) is 31.8. The van der Waals surface area contributed by atoms with Crippen molar-refractivity contribution in [1.82, 2.24) is 0 Å². The predicted molar refractivity (Wildman–Crippen MR) is 182 cm³/mol. The summed E-state index contributed by atoms with van der Waals surface area (Å²) >= 11 is 0. The molecular weight excluding hydrogens is 576 g/mol. The second-order valence-corrected chi connectivity index (χ2v) is 10.9. The van der Waals surface area contributed by atoms with Crippen molar-refractivity contribution < 1.29 is 28.7 Å². The van der Waals surface area contributed by atoms with Crippen molar-refractivity contribution in [3.8, 4) is 11.5 Å². The van der Waals surface area contributed by atoms with E-state index < -0.39 is 0 Å². The highest BCUT2D eigenvalue weighted by molar-refractivity contribution is 6.14. The number of Topliss-reactive ketones (excluding diaryl/α,β-unsaturated/α-hetero) is 4. The lowest BCUT2D eigenvalue weighted by Crippen LogP contribution is -2.08. The Bertz CT molecular complexity index is 1380. The number of benzene rings is 4. The number of ether oxygens (including phenoxy) is 2. The molecule has 0 aliphatic rings. The number of carbonyl (C=O) groups excluding carboxylic acids is 4. The molecule has 0 amide bonds. The maximum atomic E-state index is 12.2. The molecule has 0 saturated carbocycles. The molecule has 0 atom stereocenters. The van der Waals surface area contributed by atoms with E-state index in [0.717, 1.165) is 50.0 Å². The van der Waals surface area contributed by atoms with Crippen LogP contribution in [-0.2, 0) is 0 Å². The Kier molecular flexibility index (Phi) is 15.7. The van der Waals surface area contributed by atoms with Gasteiger partial charge in [-0.05, 0) is 61.4 Å². The first-order valence-corrected chi connectivity index (χ1v) is 16.1. The van der Waals surface area contributed by atoms with Crippen molar-refractivity contribution in [2.45, 2.75) is 65.2 Å². The van der Waals surface area contributed by atoms with Gasteiger partial charge in [0.05, 0.1) is 26.1 Å². The van der Waals surface area contributed by atoms with Crippen LogP contribution in [0.1, 0.15) is 107 Å². The van der Waals surface area contributed by atoms with Gasteiger partial charge in [-0.2, -0.15) is 0 Å². The molecule has 0 radical (unpaired) electrons. The van der Waals surface area contributed by atoms with Gasteiger partial charge < -0.3 is 9.47 Å². The molecule has 0 bridgehead atoms. The highest BCUT2D eigenvalue weighted by Gasteiger charge is 2.14. The Balaban J connectivity index is 0.000000250. The molecule has 0 unspecified atom stereocenters. The molecule has 0 saturated heterocycles. The van der Waals surface area contributed by atoms with E-state index in [1.807, 2.05) is 12.1 Å². The summed E-state index contributed by atoms with van der Waals surface area (Å²) in [5, 5.41) is 0. The van der Waals surface area contributed by atoms with Gasteiger partial charge in [-0.1, -0.05) is 100 Å². The lowest BCUT2D eigenvalue weighted by Gasteiger charge is -2.06. The average molecular weight is 621 g/mol. The highest BCUT2D eigenvalue weighted by atomic mass is 16.5. The van der Waals surface area contributed by atoms with Gasteiger partial charge in [-0.25, -0.2) is 0 Å². The van der Waals surface area contributed by atoms with Gasteiger partial charge in [-0.15, -0.1) is 0 Å². The van der Waals surface area contributed by atoms with Crippen molar-refractivity contribution in [1.29, 1.82) is 0 Å². The van der Waals surface area contributed by atoms with Crippen molar-refractivity contribution >= 4 is 23.1 Å². The smallest absolute Gasteiger partial charge is 0.170 e. The van der Waals surface area contributed by atoms with Crippen molar-refractivity contribution in [2.24, 2.45) is 0 Å². The molecule has 4 aromatic carbocycles. The first-order chi connectivity index (χ1) is 22.4. The van der Waals surface area contributed by atoms with E-state index in [4.69, 9.17) is 9.47 Å². The quantitative estimate of drug-likeness (QED) is 0.0626. The lowest BCUT2D eigenvalue weighted by molar-refractivity contribution is 0.0878. The first-order valence-electron chi connectivity index (χ1n) is 16.1. The monoisotopic (exact) mass is 620 g/mol. The summed E-state index contributed by atoms with van der Waals surface area (Å²) in [5.41, 5.74) is 2.21. The summed E-state index contributed by atoms with van der Waals surface area (Å²) in [6.07, 6.45) is 6.46. The molecule has 6 nitrogen and oxygen atoms in total. The lowest BCUT2D eigenvalue weighted by atomic mass is 10.0. The molecule has 0 N–H and O–H groups in total. The Morgan fingerprint density at radius 2 is 0.717 bits per heavy atom. The van der Waals surface area contributed by atoms with Gasteiger partial charge in [0.15, 0.2) is 23.1 Å². The van der Waals surface area contributed by atoms with Gasteiger partial charge in [0, 0.05) is 22.3 Å². The maximum Gasteiger partial charge on any atom is 0.170 e. The zero-order valence-corrected chi connectivity index (χ0v) is 26.9. The fourth-order valence-electron chi connectivity index (χ4n) is 4.51. The van der Waals surface area contributed by atoms with Gasteiger partial charge in [0.25, 0.3) is 0 Å². The van der Waals surface area contributed by atoms with E-state index in [1.165, 1.54) is 0 Å². The fraction of sp³-hybridized carbons (Fsp3) is 0.300. The van der Waals surface area contributed by atoms with Gasteiger partial charge in [0.2, 0.25) is 0 Å². The summed E-state index contributed by atoms with van der Waals surface area (Å²) in [4.78, 5) is 48.5. The summed E-state index contributed by atoms with van der Waals surface area (Å²) in [6.45, 7) is 5.68. The standard InChI is InChI=1S/2C20H22O3/c2*1-2-3-7-14-23-18-12-10-17(11-13-18)20(22)15-19(21)16-8-5-4-6-9-16/h2*4-6,8-13H,2-3,7,14-15H2,1H3. The Morgan fingerprint density at radius 3 is 1.02 bits per heavy atom. The second-order valence-electron chi connectivity index (χ2n) is 10.9. The third-order valence-corrected chi connectivity index (χ3v) is 7.22. The second kappa shape index (κ2) is 20.2. The molecule has 4 rings (SSSR count). The minimum absolute atomic E-state index is 0.110. The Hall–Kier alpha value is -4.84. The molecule has 46 heavy (non-hydrogen) atoms. The number of hydrogen-bond acceptors (Lipinski definition) is 6. The summed E-state index contributed by atoms with van der Waals surface area (Å²) < 4.78 is 11.2. The summed E-state index contributed by atoms with van der Waals surface area (Å²) in [5.74, 6) is 0.859. The van der Waals surface area contributed by atoms with Crippen LogP contribution in [0.4, 0.5) is 0 Å². The van der Waals surface area contributed by atoms with E-state index in [-0.39, 0.29) is 36.0 Å². The average Bonchev–Trinajstić information content (AvgIpc) is 3.10. The van der Waals surface area contributed by atoms with Gasteiger partial charge in [0.1, 0.15) is 11.5 Å². The molecule has 0 fully saturated rings. The number of hydrogen-bond donors (Lipinski definition) is 0. The van der Waals surface area contributed by atoms with Crippen molar-refractivity contribution in [2.75, 3.05) is 13.2 Å². The molecule has 240 valence electrons. The van der Waals surface area contributed by atoms with Crippen LogP contribution in [-0.4, -0.2) is 36.3 Å². The molecule has 0 spiro atoms. The van der Waals surface area contributed by atoms with Crippen molar-refractivity contribution in [3.05, 3.63) is 131 Å². The van der Waals surface area contributed by atoms with Crippen LogP contribution in [0.2, 0.25) is 0 Å². The zero-order valence-electron chi connectivity index (χ0n) is 26.9. The summed E-state index contributed by atoms with van der Waals surface area (Å²) in [7, 11) is 0. The topological polar surface area (TPSA) is 86.7 Å². The third kappa shape index (κ3) is 12.6. The first kappa shape index (κ1) is 35.6. The van der Waals surface area contributed by atoms with E-state index in [1.54, 1.807) is 97.1 Å². The zero-order chi connectivity index (χ0) is 33.0. The van der Waals surface area contributed by atoms with E-state index in [0.29, 0.717) is 35.5 Å². The number of ketones is 4. The van der Waals surface area contributed by atoms with Crippen LogP contribution < -0.4 is 9.47 Å². The van der Waals surface area contributed by atoms with Crippen LogP contribution in [0, 0.1) is 0 Å². The van der Waals surface area contributed by atoms with Gasteiger partial charge >= 0.3 is 0 Å². The maximum absolute atomic E-state index is 12.2. The van der Waals surface area contributed by atoms with Crippen LogP contribution in [0.3, 0.4) is 0 Å². The molecular formula is C40H44O6. The molecule has 0 aliphatic heterocycles. The molecule has 4 aromatic rings. The van der Waals surface area contributed by atoms with Gasteiger partial charge in [-0.3, -0.25) is 19.2 Å². The van der Waals surface area contributed by atoms with Crippen LogP contribution in [0.15, 0.2) is 109 Å². The molecule has 0 heterocycles.